The quantitative estimate of drug-likeness (QED) is 0.805. The summed E-state index contributed by atoms with van der Waals surface area (Å²) in [6.07, 6.45) is 7.45. The maximum absolute atomic E-state index is 9.60. The van der Waals surface area contributed by atoms with E-state index >= 15 is 0 Å². The van der Waals surface area contributed by atoms with Gasteiger partial charge >= 0.3 is 0 Å². The van der Waals surface area contributed by atoms with Gasteiger partial charge in [0.25, 0.3) is 0 Å². The van der Waals surface area contributed by atoms with Crippen LogP contribution in [0.15, 0.2) is 24.4 Å². The van der Waals surface area contributed by atoms with Gasteiger partial charge in [-0.05, 0) is 37.2 Å². The van der Waals surface area contributed by atoms with E-state index < -0.39 is 0 Å². The summed E-state index contributed by atoms with van der Waals surface area (Å²) in [7, 11) is 0. The van der Waals surface area contributed by atoms with E-state index in [1.54, 1.807) is 24.4 Å². The molecule has 1 aliphatic carbocycles. The van der Waals surface area contributed by atoms with Crippen molar-refractivity contribution in [3.8, 4) is 17.3 Å². The number of anilines is 1. The summed E-state index contributed by atoms with van der Waals surface area (Å²) in [5.41, 5.74) is 8.00. The molecule has 2 heterocycles. The lowest BCUT2D eigenvalue weighted by Crippen LogP contribution is -2.47. The highest BCUT2D eigenvalue weighted by Crippen LogP contribution is 2.46. The summed E-state index contributed by atoms with van der Waals surface area (Å²) in [5.74, 6) is 0.731. The van der Waals surface area contributed by atoms with E-state index in [1.165, 1.54) is 12.8 Å². The highest BCUT2D eigenvalue weighted by molar-refractivity contribution is 6.43. The van der Waals surface area contributed by atoms with Crippen LogP contribution >= 0.6 is 23.2 Å². The smallest absolute Gasteiger partial charge is 0.169 e. The second kappa shape index (κ2) is 7.27. The van der Waals surface area contributed by atoms with Crippen molar-refractivity contribution in [2.24, 2.45) is 11.1 Å². The Balaban J connectivity index is 1.59. The minimum atomic E-state index is 0.259. The van der Waals surface area contributed by atoms with Crippen molar-refractivity contribution in [2.75, 3.05) is 18.0 Å². The first-order chi connectivity index (χ1) is 13.0. The maximum atomic E-state index is 9.60. The van der Waals surface area contributed by atoms with E-state index in [9.17, 15) is 5.26 Å². The minimum Gasteiger partial charge on any atom is -0.355 e. The van der Waals surface area contributed by atoms with E-state index in [4.69, 9.17) is 28.9 Å². The Morgan fingerprint density at radius 3 is 2.67 bits per heavy atom. The Hall–Kier alpha value is -1.87. The monoisotopic (exact) mass is 401 g/mol. The van der Waals surface area contributed by atoms with Crippen LogP contribution in [0, 0.1) is 16.7 Å². The summed E-state index contributed by atoms with van der Waals surface area (Å²) in [4.78, 5) is 11.3. The molecule has 0 radical (unpaired) electrons. The van der Waals surface area contributed by atoms with Crippen molar-refractivity contribution >= 4 is 29.0 Å². The van der Waals surface area contributed by atoms with Gasteiger partial charge in [-0.1, -0.05) is 41.8 Å². The maximum Gasteiger partial charge on any atom is 0.169 e. The lowest BCUT2D eigenvalue weighted by Gasteiger charge is -2.42. The van der Waals surface area contributed by atoms with Crippen LogP contribution in [0.2, 0.25) is 10.0 Å². The molecule has 1 aromatic carbocycles. The normalized spacial score (nSPS) is 21.4. The molecule has 0 bridgehead atoms. The summed E-state index contributed by atoms with van der Waals surface area (Å²) in [6, 6.07) is 7.76. The molecule has 2 fully saturated rings. The van der Waals surface area contributed by atoms with Crippen LogP contribution in [0.5, 0.6) is 0 Å². The van der Waals surface area contributed by atoms with E-state index in [2.05, 4.69) is 20.9 Å². The molecule has 5 nitrogen and oxygen atoms in total. The molecule has 0 unspecified atom stereocenters. The summed E-state index contributed by atoms with van der Waals surface area (Å²) in [5, 5.41) is 10.4. The molecule has 27 heavy (non-hydrogen) atoms. The lowest BCUT2D eigenvalue weighted by atomic mass is 9.74. The Morgan fingerprint density at radius 2 is 2.00 bits per heavy atom. The molecule has 2 aliphatic rings. The first-order valence-electron chi connectivity index (χ1n) is 9.26. The number of hydrogen-bond donors (Lipinski definition) is 1. The Kier molecular flexibility index (Phi) is 4.98. The van der Waals surface area contributed by atoms with E-state index in [1.807, 2.05) is 0 Å². The van der Waals surface area contributed by atoms with E-state index in [0.29, 0.717) is 27.3 Å². The fraction of sp³-hybridized carbons (Fsp3) is 0.450. The number of benzene rings is 1. The predicted molar refractivity (Wildman–Crippen MR) is 108 cm³/mol. The van der Waals surface area contributed by atoms with Gasteiger partial charge in [-0.25, -0.2) is 9.97 Å². The van der Waals surface area contributed by atoms with Gasteiger partial charge in [0.1, 0.15) is 17.6 Å². The molecule has 0 amide bonds. The summed E-state index contributed by atoms with van der Waals surface area (Å²) < 4.78 is 0. The van der Waals surface area contributed by atoms with Gasteiger partial charge in [0, 0.05) is 24.7 Å². The first kappa shape index (κ1) is 18.5. The number of piperidine rings is 1. The molecule has 2 N–H and O–H groups in total. The SMILES string of the molecule is N#Cc1nc(N2CCC3(CCC[C@H]3N)CC2)cnc1-c1cccc(Cl)c1Cl. The number of hydrogen-bond acceptors (Lipinski definition) is 5. The van der Waals surface area contributed by atoms with Gasteiger partial charge in [-0.15, -0.1) is 0 Å². The molecule has 2 aromatic rings. The van der Waals surface area contributed by atoms with Crippen LogP contribution in [0.3, 0.4) is 0 Å². The summed E-state index contributed by atoms with van der Waals surface area (Å²) in [6.45, 7) is 1.79. The zero-order chi connectivity index (χ0) is 19.0. The highest BCUT2D eigenvalue weighted by atomic mass is 35.5. The zero-order valence-electron chi connectivity index (χ0n) is 15.0. The van der Waals surface area contributed by atoms with Gasteiger partial charge in [-0.2, -0.15) is 5.26 Å². The molecule has 1 spiro atoms. The van der Waals surface area contributed by atoms with E-state index in [0.717, 1.165) is 38.2 Å². The fourth-order valence-electron chi connectivity index (χ4n) is 4.46. The standard InChI is InChI=1S/C20H21Cl2N5/c21-14-4-1-3-13(18(14)22)19-15(11-23)26-17(12-25-19)27-9-7-20(8-10-27)6-2-5-16(20)24/h1,3-4,12,16H,2,5-10,24H2/t16-/m1/s1. The van der Waals surface area contributed by atoms with E-state index in [-0.39, 0.29) is 11.1 Å². The van der Waals surface area contributed by atoms with Crippen molar-refractivity contribution in [3.63, 3.8) is 0 Å². The molecule has 1 atom stereocenters. The molecule has 7 heteroatoms. The third-order valence-electron chi connectivity index (χ3n) is 6.13. The van der Waals surface area contributed by atoms with Gasteiger partial charge in [-0.3, -0.25) is 0 Å². The third kappa shape index (κ3) is 3.27. The largest absolute Gasteiger partial charge is 0.355 e. The number of nitrogens with zero attached hydrogens (tertiary/aromatic N) is 4. The van der Waals surface area contributed by atoms with Crippen LogP contribution in [-0.2, 0) is 0 Å². The average molecular weight is 402 g/mol. The Bertz CT molecular complexity index is 900. The number of aromatic nitrogens is 2. The molecule has 4 rings (SSSR count). The fourth-order valence-corrected chi connectivity index (χ4v) is 4.85. The van der Waals surface area contributed by atoms with Crippen LogP contribution < -0.4 is 10.6 Å². The van der Waals surface area contributed by atoms with Crippen LogP contribution in [0.25, 0.3) is 11.3 Å². The second-order valence-electron chi connectivity index (χ2n) is 7.49. The number of rotatable bonds is 2. The lowest BCUT2D eigenvalue weighted by molar-refractivity contribution is 0.197. The number of nitrogens with two attached hydrogens (primary N) is 1. The Morgan fingerprint density at radius 1 is 1.22 bits per heavy atom. The van der Waals surface area contributed by atoms with Crippen LogP contribution in [-0.4, -0.2) is 29.1 Å². The average Bonchev–Trinajstić information content (AvgIpc) is 3.04. The first-order valence-corrected chi connectivity index (χ1v) is 10.0. The van der Waals surface area contributed by atoms with Gasteiger partial charge in [0.15, 0.2) is 5.69 Å². The Labute approximate surface area is 169 Å². The zero-order valence-corrected chi connectivity index (χ0v) is 16.5. The molecule has 1 saturated carbocycles. The van der Waals surface area contributed by atoms with Crippen molar-refractivity contribution in [1.29, 1.82) is 5.26 Å². The minimum absolute atomic E-state index is 0.259. The van der Waals surface area contributed by atoms with Gasteiger partial charge < -0.3 is 10.6 Å². The predicted octanol–water partition coefficient (Wildman–Crippen LogP) is 4.42. The van der Waals surface area contributed by atoms with Crippen molar-refractivity contribution in [1.82, 2.24) is 9.97 Å². The molecular formula is C20H21Cl2N5. The highest BCUT2D eigenvalue weighted by Gasteiger charge is 2.43. The van der Waals surface area contributed by atoms with Gasteiger partial charge in [0.2, 0.25) is 0 Å². The van der Waals surface area contributed by atoms with Crippen molar-refractivity contribution in [3.05, 3.63) is 40.1 Å². The van der Waals surface area contributed by atoms with Crippen LogP contribution in [0.4, 0.5) is 5.82 Å². The van der Waals surface area contributed by atoms with Crippen LogP contribution in [0.1, 0.15) is 37.8 Å². The van der Waals surface area contributed by atoms with Gasteiger partial charge in [0.05, 0.1) is 16.2 Å². The summed E-state index contributed by atoms with van der Waals surface area (Å²) >= 11 is 12.4. The van der Waals surface area contributed by atoms with Crippen molar-refractivity contribution < 1.29 is 0 Å². The number of nitriles is 1. The number of halogens is 2. The third-order valence-corrected chi connectivity index (χ3v) is 6.95. The van der Waals surface area contributed by atoms with Crippen molar-refractivity contribution in [2.45, 2.75) is 38.1 Å². The molecule has 140 valence electrons. The topological polar surface area (TPSA) is 78.8 Å². The second-order valence-corrected chi connectivity index (χ2v) is 8.27. The molecule has 1 aromatic heterocycles. The molecule has 1 saturated heterocycles. The molecular weight excluding hydrogens is 381 g/mol. The molecule has 1 aliphatic heterocycles.